The predicted molar refractivity (Wildman–Crippen MR) is 120 cm³/mol. The Hall–Kier alpha value is -2.26. The highest BCUT2D eigenvalue weighted by Gasteiger charge is 2.65. The summed E-state index contributed by atoms with van der Waals surface area (Å²) in [5.41, 5.74) is 0. The van der Waals surface area contributed by atoms with E-state index in [-0.39, 0.29) is 23.7 Å². The average Bonchev–Trinajstić information content (AvgIpc) is 2.99. The highest BCUT2D eigenvalue weighted by atomic mass is 32.2. The van der Waals surface area contributed by atoms with E-state index in [1.165, 1.54) is 4.31 Å². The number of sulfonamides is 1. The molecule has 6 atom stereocenters. The highest BCUT2D eigenvalue weighted by Crippen LogP contribution is 2.58. The minimum absolute atomic E-state index is 0.0381. The molecule has 3 heterocycles. The Morgan fingerprint density at radius 2 is 1.47 bits per heavy atom. The summed E-state index contributed by atoms with van der Waals surface area (Å²) in [6, 6.07) is 1.82. The van der Waals surface area contributed by atoms with Crippen LogP contribution >= 0.6 is 0 Å². The molecular weight excluding hydrogens is 426 g/mol. The van der Waals surface area contributed by atoms with E-state index in [9.17, 15) is 13.2 Å². The lowest BCUT2D eigenvalue weighted by atomic mass is 9.53. The van der Waals surface area contributed by atoms with Gasteiger partial charge in [0.1, 0.15) is 0 Å². The van der Waals surface area contributed by atoms with E-state index >= 15 is 0 Å². The van der Waals surface area contributed by atoms with Gasteiger partial charge in [0.25, 0.3) is 0 Å². The monoisotopic (exact) mass is 455 g/mol. The third-order valence-corrected chi connectivity index (χ3v) is 10.3. The molecule has 170 valence electrons. The van der Waals surface area contributed by atoms with Gasteiger partial charge in [0.2, 0.25) is 21.9 Å². The Morgan fingerprint density at radius 3 is 2.19 bits per heavy atom. The SMILES string of the molecule is O=C1C2C3C=CC(C4C=CC43)C2S(=O)(=O)N1CCCCN1CCN(c2ncccn2)CC1. The number of nitrogens with zero attached hydrogens (tertiary/aromatic N) is 5. The number of hydrogen-bond acceptors (Lipinski definition) is 7. The molecule has 2 bridgehead atoms. The molecule has 1 amide bonds. The van der Waals surface area contributed by atoms with Crippen LogP contribution in [0.4, 0.5) is 5.95 Å². The number of unbranched alkanes of at least 4 members (excludes halogenated alkanes) is 1. The number of allylic oxidation sites excluding steroid dienone is 4. The summed E-state index contributed by atoms with van der Waals surface area (Å²) in [6.07, 6.45) is 13.6. The molecule has 0 spiro atoms. The average molecular weight is 456 g/mol. The van der Waals surface area contributed by atoms with E-state index in [2.05, 4.69) is 44.1 Å². The number of carbonyl (C=O) groups is 1. The number of piperazine rings is 1. The summed E-state index contributed by atoms with van der Waals surface area (Å²) < 4.78 is 27.8. The molecule has 6 unspecified atom stereocenters. The van der Waals surface area contributed by atoms with Crippen molar-refractivity contribution in [3.05, 3.63) is 42.8 Å². The highest BCUT2D eigenvalue weighted by molar-refractivity contribution is 7.90. The van der Waals surface area contributed by atoms with Crippen LogP contribution in [0.2, 0.25) is 0 Å². The van der Waals surface area contributed by atoms with Crippen LogP contribution < -0.4 is 4.90 Å². The maximum atomic E-state index is 13.3. The number of amides is 1. The molecule has 3 fully saturated rings. The van der Waals surface area contributed by atoms with Gasteiger partial charge in [-0.1, -0.05) is 24.3 Å². The topological polar surface area (TPSA) is 86.7 Å². The number of carbonyl (C=O) groups excluding carboxylic acids is 1. The first-order valence-corrected chi connectivity index (χ1v) is 13.2. The van der Waals surface area contributed by atoms with E-state index in [1.54, 1.807) is 12.4 Å². The fourth-order valence-electron chi connectivity index (χ4n) is 6.38. The van der Waals surface area contributed by atoms with Crippen molar-refractivity contribution in [3.63, 3.8) is 0 Å². The van der Waals surface area contributed by atoms with Crippen molar-refractivity contribution in [3.8, 4) is 0 Å². The van der Waals surface area contributed by atoms with Crippen LogP contribution in [0.15, 0.2) is 42.8 Å². The molecule has 1 aromatic rings. The predicted octanol–water partition coefficient (Wildman–Crippen LogP) is 1.15. The molecule has 4 aliphatic carbocycles. The van der Waals surface area contributed by atoms with Crippen molar-refractivity contribution in [1.29, 1.82) is 0 Å². The van der Waals surface area contributed by atoms with E-state index in [0.29, 0.717) is 24.8 Å². The number of hydrogen-bond donors (Lipinski definition) is 0. The van der Waals surface area contributed by atoms with E-state index in [1.807, 2.05) is 6.07 Å². The van der Waals surface area contributed by atoms with Crippen molar-refractivity contribution in [2.75, 3.05) is 44.2 Å². The Balaban J connectivity index is 1.02. The van der Waals surface area contributed by atoms with Crippen LogP contribution in [-0.4, -0.2) is 78.0 Å². The van der Waals surface area contributed by atoms with Gasteiger partial charge in [-0.2, -0.15) is 0 Å². The van der Waals surface area contributed by atoms with Crippen LogP contribution in [-0.2, 0) is 14.8 Å². The molecule has 8 nitrogen and oxygen atoms in total. The largest absolute Gasteiger partial charge is 0.338 e. The molecule has 7 rings (SSSR count). The second kappa shape index (κ2) is 7.66. The van der Waals surface area contributed by atoms with Gasteiger partial charge in [-0.15, -0.1) is 0 Å². The van der Waals surface area contributed by atoms with Crippen LogP contribution in [0.25, 0.3) is 0 Å². The maximum Gasteiger partial charge on any atom is 0.241 e. The lowest BCUT2D eigenvalue weighted by Crippen LogP contribution is -2.53. The fourth-order valence-corrected chi connectivity index (χ4v) is 8.77. The van der Waals surface area contributed by atoms with Gasteiger partial charge in [-0.05, 0) is 43.2 Å². The molecule has 6 aliphatic rings. The molecule has 0 radical (unpaired) electrons. The Kier molecular flexibility index (Phi) is 4.87. The lowest BCUT2D eigenvalue weighted by molar-refractivity contribution is -0.132. The Bertz CT molecular complexity index is 1050. The summed E-state index contributed by atoms with van der Waals surface area (Å²) in [7, 11) is -3.57. The van der Waals surface area contributed by atoms with Crippen molar-refractivity contribution in [1.82, 2.24) is 19.2 Å². The third-order valence-electron chi connectivity index (χ3n) is 8.07. The van der Waals surface area contributed by atoms with Crippen LogP contribution in [0.5, 0.6) is 0 Å². The molecule has 2 aliphatic heterocycles. The minimum atomic E-state index is -3.57. The van der Waals surface area contributed by atoms with Gasteiger partial charge in [-0.25, -0.2) is 22.7 Å². The molecular formula is C23H29N5O3S. The normalized spacial score (nSPS) is 36.8. The quantitative estimate of drug-likeness (QED) is 0.470. The summed E-state index contributed by atoms with van der Waals surface area (Å²) in [5.74, 6) is 0.901. The summed E-state index contributed by atoms with van der Waals surface area (Å²) in [5, 5.41) is -0.551. The van der Waals surface area contributed by atoms with E-state index < -0.39 is 15.3 Å². The van der Waals surface area contributed by atoms with Crippen LogP contribution in [0.3, 0.4) is 0 Å². The second-order valence-electron chi connectivity index (χ2n) is 9.61. The van der Waals surface area contributed by atoms with Crippen LogP contribution in [0, 0.1) is 29.6 Å². The van der Waals surface area contributed by atoms with E-state index in [4.69, 9.17) is 0 Å². The first-order valence-electron chi connectivity index (χ1n) is 11.7. The zero-order chi connectivity index (χ0) is 21.9. The Morgan fingerprint density at radius 1 is 0.844 bits per heavy atom. The molecule has 0 N–H and O–H groups in total. The number of anilines is 1. The zero-order valence-corrected chi connectivity index (χ0v) is 18.8. The van der Waals surface area contributed by atoms with Crippen molar-refractivity contribution in [2.24, 2.45) is 29.6 Å². The molecule has 32 heavy (non-hydrogen) atoms. The lowest BCUT2D eigenvalue weighted by Gasteiger charge is -2.51. The first kappa shape index (κ1) is 20.4. The van der Waals surface area contributed by atoms with Gasteiger partial charge in [0.05, 0.1) is 11.2 Å². The zero-order valence-electron chi connectivity index (χ0n) is 18.0. The van der Waals surface area contributed by atoms with Gasteiger partial charge in [0.15, 0.2) is 0 Å². The Labute approximate surface area is 189 Å². The summed E-state index contributed by atoms with van der Waals surface area (Å²) >= 11 is 0. The van der Waals surface area contributed by atoms with Crippen molar-refractivity contribution in [2.45, 2.75) is 18.1 Å². The van der Waals surface area contributed by atoms with Crippen molar-refractivity contribution < 1.29 is 13.2 Å². The van der Waals surface area contributed by atoms with E-state index in [0.717, 1.165) is 45.1 Å². The summed E-state index contributed by atoms with van der Waals surface area (Å²) in [4.78, 5) is 26.4. The molecule has 1 saturated carbocycles. The van der Waals surface area contributed by atoms with Gasteiger partial charge < -0.3 is 4.90 Å². The van der Waals surface area contributed by atoms with Gasteiger partial charge in [-0.3, -0.25) is 9.69 Å². The standard InChI is InChI=1S/C23H29N5O3S/c29-22-20-18-6-7-19(17-5-4-16(17)18)21(20)32(30,31)28(22)11-2-1-10-26-12-14-27(15-13-26)23-24-8-3-9-25-23/h3-9,16-21H,1-2,10-15H2. The number of rotatable bonds is 6. The van der Waals surface area contributed by atoms with Gasteiger partial charge in [0, 0.05) is 51.0 Å². The maximum absolute atomic E-state index is 13.3. The smallest absolute Gasteiger partial charge is 0.241 e. The number of aromatic nitrogens is 2. The summed E-state index contributed by atoms with van der Waals surface area (Å²) in [6.45, 7) is 4.88. The van der Waals surface area contributed by atoms with Crippen molar-refractivity contribution >= 4 is 21.9 Å². The first-order chi connectivity index (χ1) is 15.6. The third kappa shape index (κ3) is 3.04. The molecule has 2 saturated heterocycles. The molecule has 0 aromatic carbocycles. The fraction of sp³-hybridized carbons (Fsp3) is 0.609. The molecule has 9 heteroatoms. The molecule has 1 aromatic heterocycles. The van der Waals surface area contributed by atoms with Gasteiger partial charge >= 0.3 is 0 Å². The minimum Gasteiger partial charge on any atom is -0.338 e. The van der Waals surface area contributed by atoms with Crippen LogP contribution in [0.1, 0.15) is 12.8 Å². The second-order valence-corrected chi connectivity index (χ2v) is 11.6.